The van der Waals surface area contributed by atoms with Gasteiger partial charge in [-0.25, -0.2) is 0 Å². The van der Waals surface area contributed by atoms with Crippen molar-refractivity contribution in [1.82, 2.24) is 15.2 Å². The second-order valence-electron chi connectivity index (χ2n) is 3.50. The van der Waals surface area contributed by atoms with Crippen LogP contribution in [0.5, 0.6) is 0 Å². The van der Waals surface area contributed by atoms with Crippen LogP contribution in [0.3, 0.4) is 0 Å². The standard InChI is InChI=1S/C11H10Cl2N4/c1-7(8-4-2-3-5-9(8)12)15-10-6-14-17-11(13)16-10/h2-7H,1H3,(H,15,16,17). The number of hydrogen-bond donors (Lipinski definition) is 1. The Labute approximate surface area is 109 Å². The summed E-state index contributed by atoms with van der Waals surface area (Å²) in [5.41, 5.74) is 0.990. The lowest BCUT2D eigenvalue weighted by Gasteiger charge is -2.15. The number of aromatic nitrogens is 3. The monoisotopic (exact) mass is 268 g/mol. The SMILES string of the molecule is CC(Nc1cnnc(Cl)n1)c1ccccc1Cl. The Hall–Kier alpha value is -1.39. The molecule has 1 unspecified atom stereocenters. The lowest BCUT2D eigenvalue weighted by Crippen LogP contribution is -2.09. The molecule has 0 spiro atoms. The van der Waals surface area contributed by atoms with Crippen LogP contribution in [0.15, 0.2) is 30.5 Å². The van der Waals surface area contributed by atoms with E-state index >= 15 is 0 Å². The zero-order chi connectivity index (χ0) is 12.3. The smallest absolute Gasteiger partial charge is 0.244 e. The lowest BCUT2D eigenvalue weighted by molar-refractivity contribution is 0.859. The fourth-order valence-electron chi connectivity index (χ4n) is 1.48. The summed E-state index contributed by atoms with van der Waals surface area (Å²) in [6.07, 6.45) is 1.51. The molecule has 0 aliphatic carbocycles. The van der Waals surface area contributed by atoms with Crippen LogP contribution in [0.4, 0.5) is 5.82 Å². The van der Waals surface area contributed by atoms with Crippen molar-refractivity contribution in [2.24, 2.45) is 0 Å². The Kier molecular flexibility index (Phi) is 3.76. The van der Waals surface area contributed by atoms with Crippen LogP contribution in [0.1, 0.15) is 18.5 Å². The second-order valence-corrected chi connectivity index (χ2v) is 4.24. The van der Waals surface area contributed by atoms with E-state index in [9.17, 15) is 0 Å². The average molecular weight is 269 g/mol. The molecule has 2 rings (SSSR count). The number of hydrogen-bond acceptors (Lipinski definition) is 4. The fourth-order valence-corrected chi connectivity index (χ4v) is 1.91. The first kappa shape index (κ1) is 12.1. The van der Waals surface area contributed by atoms with Crippen LogP contribution in [0, 0.1) is 0 Å². The second kappa shape index (κ2) is 5.29. The van der Waals surface area contributed by atoms with Gasteiger partial charge in [0.2, 0.25) is 5.28 Å². The molecule has 2 aromatic rings. The van der Waals surface area contributed by atoms with Crippen molar-refractivity contribution in [2.75, 3.05) is 5.32 Å². The van der Waals surface area contributed by atoms with E-state index in [1.165, 1.54) is 6.20 Å². The van der Waals surface area contributed by atoms with E-state index in [0.29, 0.717) is 10.8 Å². The molecule has 1 heterocycles. The zero-order valence-corrected chi connectivity index (χ0v) is 10.6. The molecule has 1 N–H and O–H groups in total. The minimum atomic E-state index is 0.0106. The summed E-state index contributed by atoms with van der Waals surface area (Å²) in [5, 5.41) is 11.3. The maximum Gasteiger partial charge on any atom is 0.244 e. The summed E-state index contributed by atoms with van der Waals surface area (Å²) in [6.45, 7) is 1.98. The molecule has 6 heteroatoms. The van der Waals surface area contributed by atoms with Gasteiger partial charge in [-0.3, -0.25) is 0 Å². The quantitative estimate of drug-likeness (QED) is 0.928. The molecular formula is C11H10Cl2N4. The highest BCUT2D eigenvalue weighted by Gasteiger charge is 2.09. The normalized spacial score (nSPS) is 12.2. The van der Waals surface area contributed by atoms with Crippen LogP contribution in [0.2, 0.25) is 10.3 Å². The van der Waals surface area contributed by atoms with Crippen molar-refractivity contribution < 1.29 is 0 Å². The van der Waals surface area contributed by atoms with Crippen molar-refractivity contribution in [2.45, 2.75) is 13.0 Å². The third kappa shape index (κ3) is 3.05. The van der Waals surface area contributed by atoms with E-state index in [2.05, 4.69) is 20.5 Å². The summed E-state index contributed by atoms with van der Waals surface area (Å²) < 4.78 is 0. The molecule has 0 saturated heterocycles. The molecule has 0 bridgehead atoms. The van der Waals surface area contributed by atoms with E-state index in [-0.39, 0.29) is 11.3 Å². The number of benzene rings is 1. The minimum Gasteiger partial charge on any atom is -0.362 e. The van der Waals surface area contributed by atoms with Crippen LogP contribution in [0.25, 0.3) is 0 Å². The molecule has 1 atom stereocenters. The molecule has 0 saturated carbocycles. The van der Waals surface area contributed by atoms with E-state index in [4.69, 9.17) is 23.2 Å². The highest BCUT2D eigenvalue weighted by molar-refractivity contribution is 6.31. The first-order valence-electron chi connectivity index (χ1n) is 5.03. The number of nitrogens with zero attached hydrogens (tertiary/aromatic N) is 3. The maximum absolute atomic E-state index is 6.10. The molecule has 0 aliphatic rings. The Morgan fingerprint density at radius 1 is 1.24 bits per heavy atom. The summed E-state index contributed by atoms with van der Waals surface area (Å²) in [7, 11) is 0. The minimum absolute atomic E-state index is 0.0106. The highest BCUT2D eigenvalue weighted by atomic mass is 35.5. The third-order valence-corrected chi connectivity index (χ3v) is 2.77. The summed E-state index contributed by atoms with van der Waals surface area (Å²) >= 11 is 11.8. The zero-order valence-electron chi connectivity index (χ0n) is 9.06. The van der Waals surface area contributed by atoms with Gasteiger partial charge in [0.1, 0.15) is 5.82 Å². The summed E-state index contributed by atoms with van der Waals surface area (Å²) in [4.78, 5) is 4.01. The molecule has 17 heavy (non-hydrogen) atoms. The van der Waals surface area contributed by atoms with Crippen molar-refractivity contribution in [3.63, 3.8) is 0 Å². The molecule has 0 radical (unpaired) electrons. The van der Waals surface area contributed by atoms with Crippen LogP contribution in [-0.2, 0) is 0 Å². The summed E-state index contributed by atoms with van der Waals surface area (Å²) in [6, 6.07) is 7.64. The highest BCUT2D eigenvalue weighted by Crippen LogP contribution is 2.24. The van der Waals surface area contributed by atoms with Gasteiger partial charge in [0.05, 0.1) is 12.2 Å². The van der Waals surface area contributed by atoms with Crippen molar-refractivity contribution in [3.8, 4) is 0 Å². The number of halogens is 2. The van der Waals surface area contributed by atoms with Gasteiger partial charge in [0, 0.05) is 5.02 Å². The van der Waals surface area contributed by atoms with E-state index in [0.717, 1.165) is 5.56 Å². The Morgan fingerprint density at radius 3 is 2.71 bits per heavy atom. The number of anilines is 1. The third-order valence-electron chi connectivity index (χ3n) is 2.27. The number of rotatable bonds is 3. The van der Waals surface area contributed by atoms with E-state index in [1.54, 1.807) is 0 Å². The van der Waals surface area contributed by atoms with Crippen molar-refractivity contribution in [1.29, 1.82) is 0 Å². The fraction of sp³-hybridized carbons (Fsp3) is 0.182. The first-order chi connectivity index (χ1) is 8.16. The van der Waals surface area contributed by atoms with Gasteiger partial charge in [0.25, 0.3) is 0 Å². The molecule has 0 fully saturated rings. The van der Waals surface area contributed by atoms with Gasteiger partial charge >= 0.3 is 0 Å². The van der Waals surface area contributed by atoms with Gasteiger partial charge in [-0.1, -0.05) is 29.8 Å². The molecule has 1 aromatic heterocycles. The first-order valence-corrected chi connectivity index (χ1v) is 5.78. The molecule has 88 valence electrons. The molecule has 1 aromatic carbocycles. The largest absolute Gasteiger partial charge is 0.362 e. The Bertz CT molecular complexity index is 518. The van der Waals surface area contributed by atoms with Gasteiger partial charge < -0.3 is 5.32 Å². The average Bonchev–Trinajstić information content (AvgIpc) is 2.29. The van der Waals surface area contributed by atoms with Crippen molar-refractivity contribution in [3.05, 3.63) is 46.3 Å². The Balaban J connectivity index is 2.17. The van der Waals surface area contributed by atoms with Gasteiger partial charge in [-0.2, -0.15) is 10.1 Å². The molecule has 0 amide bonds. The van der Waals surface area contributed by atoms with Crippen molar-refractivity contribution >= 4 is 29.0 Å². The lowest BCUT2D eigenvalue weighted by atomic mass is 10.1. The Morgan fingerprint density at radius 2 is 2.00 bits per heavy atom. The number of nitrogens with one attached hydrogen (secondary N) is 1. The maximum atomic E-state index is 6.10. The van der Waals surface area contributed by atoms with Gasteiger partial charge in [-0.05, 0) is 30.2 Å². The topological polar surface area (TPSA) is 50.7 Å². The van der Waals surface area contributed by atoms with Crippen LogP contribution in [-0.4, -0.2) is 15.2 Å². The van der Waals surface area contributed by atoms with Gasteiger partial charge in [-0.15, -0.1) is 5.10 Å². The predicted molar refractivity (Wildman–Crippen MR) is 68.3 cm³/mol. The molecular weight excluding hydrogens is 259 g/mol. The molecule has 0 aliphatic heterocycles. The van der Waals surface area contributed by atoms with E-state index in [1.807, 2.05) is 31.2 Å². The van der Waals surface area contributed by atoms with Crippen LogP contribution >= 0.6 is 23.2 Å². The predicted octanol–water partition coefficient (Wildman–Crippen LogP) is 3.35. The van der Waals surface area contributed by atoms with Gasteiger partial charge in [0.15, 0.2) is 0 Å². The molecule has 4 nitrogen and oxygen atoms in total. The van der Waals surface area contributed by atoms with E-state index < -0.39 is 0 Å². The van der Waals surface area contributed by atoms with Crippen LogP contribution < -0.4 is 5.32 Å². The summed E-state index contributed by atoms with van der Waals surface area (Å²) in [5.74, 6) is 0.567.